The molecule has 414 valence electrons. The molecule has 0 aromatic rings. The Morgan fingerprint density at radius 1 is 0.386 bits per heavy atom. The zero-order chi connectivity index (χ0) is 50.7. The van der Waals surface area contributed by atoms with Crippen LogP contribution in [0, 0.1) is 0 Å². The van der Waals surface area contributed by atoms with Gasteiger partial charge in [0.05, 0.1) is 25.4 Å². The highest BCUT2D eigenvalue weighted by molar-refractivity contribution is 5.76. The minimum Gasteiger partial charge on any atom is -0.466 e. The van der Waals surface area contributed by atoms with Gasteiger partial charge >= 0.3 is 5.97 Å². The number of ether oxygens (including phenoxy) is 1. The Morgan fingerprint density at radius 2 is 0.671 bits per heavy atom. The number of carbonyl (C=O) groups is 2. The van der Waals surface area contributed by atoms with Crippen LogP contribution in [-0.2, 0) is 14.3 Å². The largest absolute Gasteiger partial charge is 0.466 e. The molecule has 6 heteroatoms. The van der Waals surface area contributed by atoms with Crippen molar-refractivity contribution in [1.29, 1.82) is 0 Å². The number of amides is 1. The summed E-state index contributed by atoms with van der Waals surface area (Å²) in [4.78, 5) is 24.4. The maximum atomic E-state index is 12.4. The van der Waals surface area contributed by atoms with Gasteiger partial charge in [-0.25, -0.2) is 0 Å². The molecule has 2 atom stereocenters. The first kappa shape index (κ1) is 68.3. The van der Waals surface area contributed by atoms with E-state index in [-0.39, 0.29) is 18.5 Å². The van der Waals surface area contributed by atoms with E-state index in [1.165, 1.54) is 283 Å². The summed E-state index contributed by atoms with van der Waals surface area (Å²) in [7, 11) is 0. The maximum absolute atomic E-state index is 12.4. The summed E-state index contributed by atoms with van der Waals surface area (Å²) in [5.74, 6) is -0.0485. The van der Waals surface area contributed by atoms with Crippen LogP contribution in [0.2, 0.25) is 0 Å². The normalized spacial score (nSPS) is 12.7. The zero-order valence-electron chi connectivity index (χ0n) is 47.3. The van der Waals surface area contributed by atoms with Crippen LogP contribution in [0.5, 0.6) is 0 Å². The van der Waals surface area contributed by atoms with Gasteiger partial charge in [0.1, 0.15) is 0 Å². The maximum Gasteiger partial charge on any atom is 0.305 e. The first-order valence-corrected chi connectivity index (χ1v) is 31.6. The molecular formula is C64H123NO5. The van der Waals surface area contributed by atoms with Gasteiger partial charge in [-0.05, 0) is 57.8 Å². The van der Waals surface area contributed by atoms with Crippen LogP contribution >= 0.6 is 0 Å². The van der Waals surface area contributed by atoms with E-state index in [0.717, 1.165) is 38.5 Å². The van der Waals surface area contributed by atoms with Crippen molar-refractivity contribution in [3.63, 3.8) is 0 Å². The molecule has 2 unspecified atom stereocenters. The monoisotopic (exact) mass is 986 g/mol. The van der Waals surface area contributed by atoms with E-state index < -0.39 is 12.1 Å². The molecule has 0 rings (SSSR count). The van der Waals surface area contributed by atoms with E-state index in [4.69, 9.17) is 4.74 Å². The van der Waals surface area contributed by atoms with Crippen LogP contribution in [0.3, 0.4) is 0 Å². The first-order valence-electron chi connectivity index (χ1n) is 31.6. The average molecular weight is 987 g/mol. The number of hydrogen-bond donors (Lipinski definition) is 3. The van der Waals surface area contributed by atoms with Crippen molar-refractivity contribution in [2.45, 2.75) is 360 Å². The Balaban J connectivity index is 3.34. The van der Waals surface area contributed by atoms with E-state index in [1.54, 1.807) is 6.08 Å². The number of rotatable bonds is 59. The Bertz CT molecular complexity index is 1090. The summed E-state index contributed by atoms with van der Waals surface area (Å²) >= 11 is 0. The van der Waals surface area contributed by atoms with Crippen LogP contribution in [0.15, 0.2) is 24.3 Å². The lowest BCUT2D eigenvalue weighted by atomic mass is 10.0. The van der Waals surface area contributed by atoms with Gasteiger partial charge in [-0.15, -0.1) is 0 Å². The number of unbranched alkanes of at least 4 members (excludes halogenated alkanes) is 46. The molecule has 6 nitrogen and oxygen atoms in total. The summed E-state index contributed by atoms with van der Waals surface area (Å²) in [6, 6.07) is -0.624. The summed E-state index contributed by atoms with van der Waals surface area (Å²) < 4.78 is 5.48. The molecule has 0 fully saturated rings. The molecule has 0 aliphatic carbocycles. The van der Waals surface area contributed by atoms with Crippen LogP contribution < -0.4 is 5.32 Å². The fraction of sp³-hybridized carbons (Fsp3) is 0.906. The Kier molecular flexibility index (Phi) is 58.5. The van der Waals surface area contributed by atoms with Gasteiger partial charge in [0.2, 0.25) is 5.91 Å². The molecule has 0 radical (unpaired) electrons. The Morgan fingerprint density at radius 3 is 1.01 bits per heavy atom. The standard InChI is InChI=1S/C64H123NO5/c1-3-5-7-9-11-13-15-38-42-46-50-54-58-64(69)70-59-55-51-47-43-39-36-34-32-30-28-26-24-22-20-18-16-17-19-21-23-25-27-29-31-33-35-37-41-45-49-53-57-63(68)65-61(60-66)62(67)56-52-48-44-40-14-12-10-8-6-4-2/h18,20,52,56,61-62,66-67H,3-17,19,21-51,53-55,57-60H2,1-2H3,(H,65,68)/b20-18-,56-52+. The summed E-state index contributed by atoms with van der Waals surface area (Å²) in [5, 5.41) is 23.0. The first-order chi connectivity index (χ1) is 34.5. The molecule has 0 aliphatic rings. The smallest absolute Gasteiger partial charge is 0.305 e. The highest BCUT2D eigenvalue weighted by atomic mass is 16.5. The molecular weight excluding hydrogens is 863 g/mol. The van der Waals surface area contributed by atoms with Gasteiger partial charge < -0.3 is 20.3 Å². The molecule has 0 bridgehead atoms. The minimum atomic E-state index is -0.840. The fourth-order valence-corrected chi connectivity index (χ4v) is 9.87. The lowest BCUT2D eigenvalue weighted by molar-refractivity contribution is -0.143. The second kappa shape index (κ2) is 59.9. The highest BCUT2D eigenvalue weighted by Crippen LogP contribution is 2.17. The van der Waals surface area contributed by atoms with Crippen molar-refractivity contribution in [3.8, 4) is 0 Å². The lowest BCUT2D eigenvalue weighted by Crippen LogP contribution is -2.45. The Labute approximate surface area is 437 Å². The Hall–Kier alpha value is -1.66. The predicted octanol–water partition coefficient (Wildman–Crippen LogP) is 19.8. The summed E-state index contributed by atoms with van der Waals surface area (Å²) in [5.41, 5.74) is 0. The van der Waals surface area contributed by atoms with Crippen LogP contribution in [0.4, 0.5) is 0 Å². The molecule has 0 aliphatic heterocycles. The summed E-state index contributed by atoms with van der Waals surface area (Å²) in [6.45, 7) is 4.90. The van der Waals surface area contributed by atoms with Gasteiger partial charge in [-0.3, -0.25) is 9.59 Å². The second-order valence-electron chi connectivity index (χ2n) is 21.7. The second-order valence-corrected chi connectivity index (χ2v) is 21.7. The third-order valence-electron chi connectivity index (χ3n) is 14.7. The number of aliphatic hydroxyl groups is 2. The van der Waals surface area contributed by atoms with E-state index in [0.29, 0.717) is 19.4 Å². The highest BCUT2D eigenvalue weighted by Gasteiger charge is 2.18. The van der Waals surface area contributed by atoms with Gasteiger partial charge in [0.15, 0.2) is 0 Å². The van der Waals surface area contributed by atoms with Crippen molar-refractivity contribution >= 4 is 11.9 Å². The molecule has 70 heavy (non-hydrogen) atoms. The topological polar surface area (TPSA) is 95.9 Å². The quantitative estimate of drug-likeness (QED) is 0.0321. The number of aliphatic hydroxyl groups excluding tert-OH is 2. The molecule has 0 heterocycles. The van der Waals surface area contributed by atoms with Crippen molar-refractivity contribution in [2.75, 3.05) is 13.2 Å². The SMILES string of the molecule is CCCCCCCCCC/C=C/C(O)C(CO)NC(=O)CCCCCCCCCCCCCCCCC/C=C\CCCCCCCCCCCCCCOC(=O)CCCCCCCCCCCCCC. The third kappa shape index (κ3) is 55.7. The fourth-order valence-electron chi connectivity index (χ4n) is 9.87. The van der Waals surface area contributed by atoms with E-state index in [9.17, 15) is 19.8 Å². The van der Waals surface area contributed by atoms with Gasteiger partial charge in [0.25, 0.3) is 0 Å². The minimum absolute atomic E-state index is 0.0182. The number of allylic oxidation sites excluding steroid dienone is 3. The van der Waals surface area contributed by atoms with Crippen LogP contribution in [0.1, 0.15) is 348 Å². The van der Waals surface area contributed by atoms with Crippen molar-refractivity contribution < 1.29 is 24.5 Å². The van der Waals surface area contributed by atoms with Crippen LogP contribution in [0.25, 0.3) is 0 Å². The van der Waals surface area contributed by atoms with Gasteiger partial charge in [-0.2, -0.15) is 0 Å². The van der Waals surface area contributed by atoms with Gasteiger partial charge in [-0.1, -0.05) is 301 Å². The van der Waals surface area contributed by atoms with E-state index in [1.807, 2.05) is 6.08 Å². The molecule has 0 aromatic carbocycles. The van der Waals surface area contributed by atoms with Crippen molar-refractivity contribution in [2.24, 2.45) is 0 Å². The molecule has 3 N–H and O–H groups in total. The average Bonchev–Trinajstić information content (AvgIpc) is 3.36. The zero-order valence-corrected chi connectivity index (χ0v) is 47.3. The molecule has 0 saturated carbocycles. The number of nitrogens with one attached hydrogen (secondary N) is 1. The molecule has 0 saturated heterocycles. The molecule has 1 amide bonds. The molecule has 0 spiro atoms. The predicted molar refractivity (Wildman–Crippen MR) is 306 cm³/mol. The number of esters is 1. The van der Waals surface area contributed by atoms with E-state index in [2.05, 4.69) is 31.3 Å². The van der Waals surface area contributed by atoms with Gasteiger partial charge in [0, 0.05) is 12.8 Å². The lowest BCUT2D eigenvalue weighted by Gasteiger charge is -2.20. The van der Waals surface area contributed by atoms with Crippen molar-refractivity contribution in [3.05, 3.63) is 24.3 Å². The van der Waals surface area contributed by atoms with E-state index >= 15 is 0 Å². The van der Waals surface area contributed by atoms with Crippen LogP contribution in [-0.4, -0.2) is 47.4 Å². The number of hydrogen-bond acceptors (Lipinski definition) is 5. The third-order valence-corrected chi connectivity index (χ3v) is 14.7. The molecule has 0 aromatic heterocycles. The number of carbonyl (C=O) groups excluding carboxylic acids is 2. The summed E-state index contributed by atoms with van der Waals surface area (Å²) in [6.07, 6.45) is 73.9. The van der Waals surface area contributed by atoms with Crippen molar-refractivity contribution in [1.82, 2.24) is 5.32 Å².